The van der Waals surface area contributed by atoms with Gasteiger partial charge in [-0.3, -0.25) is 4.68 Å². The summed E-state index contributed by atoms with van der Waals surface area (Å²) in [5, 5.41) is 17.4. The van der Waals surface area contributed by atoms with Crippen molar-refractivity contribution in [2.24, 2.45) is 0 Å². The van der Waals surface area contributed by atoms with E-state index in [0.717, 1.165) is 27.9 Å². The molecule has 5 heteroatoms. The average molecular weight is 331 g/mol. The van der Waals surface area contributed by atoms with Gasteiger partial charge in [0.25, 0.3) is 0 Å². The van der Waals surface area contributed by atoms with Gasteiger partial charge in [0.15, 0.2) is 0 Å². The van der Waals surface area contributed by atoms with E-state index in [-0.39, 0.29) is 6.61 Å². The van der Waals surface area contributed by atoms with Crippen LogP contribution in [0.15, 0.2) is 42.5 Å². The number of aryl methyl sites for hydroxylation is 1. The van der Waals surface area contributed by atoms with Gasteiger partial charge >= 0.3 is 0 Å². The zero-order chi connectivity index (χ0) is 16.4. The number of rotatable bonds is 5. The van der Waals surface area contributed by atoms with Crippen molar-refractivity contribution in [2.45, 2.75) is 26.5 Å². The van der Waals surface area contributed by atoms with Crippen LogP contribution in [0.2, 0.25) is 5.02 Å². The second-order valence-corrected chi connectivity index (χ2v) is 6.02. The Morgan fingerprint density at radius 2 is 1.91 bits per heavy atom. The number of aliphatic hydroxyl groups excluding tert-OH is 1. The number of halogens is 1. The predicted molar refractivity (Wildman–Crippen MR) is 92.2 cm³/mol. The van der Waals surface area contributed by atoms with Gasteiger partial charge in [0.05, 0.1) is 23.0 Å². The van der Waals surface area contributed by atoms with Crippen molar-refractivity contribution in [3.63, 3.8) is 0 Å². The fourth-order valence-electron chi connectivity index (χ4n) is 2.55. The quantitative estimate of drug-likeness (QED) is 0.775. The van der Waals surface area contributed by atoms with Gasteiger partial charge in [-0.2, -0.15) is 5.10 Å². The lowest BCUT2D eigenvalue weighted by Gasteiger charge is -2.14. The van der Waals surface area contributed by atoms with Gasteiger partial charge < -0.3 is 9.84 Å². The molecular weight excluding hydrogens is 312 g/mol. The molecule has 1 unspecified atom stereocenters. The molecule has 1 atom stereocenters. The van der Waals surface area contributed by atoms with Crippen molar-refractivity contribution < 1.29 is 9.84 Å². The molecule has 0 saturated carbocycles. The Morgan fingerprint density at radius 1 is 1.17 bits per heavy atom. The Kier molecular flexibility index (Phi) is 4.55. The predicted octanol–water partition coefficient (Wildman–Crippen LogP) is 3.75. The molecule has 0 fully saturated rings. The van der Waals surface area contributed by atoms with E-state index >= 15 is 0 Å². The normalized spacial score (nSPS) is 12.5. The lowest BCUT2D eigenvalue weighted by atomic mass is 10.1. The summed E-state index contributed by atoms with van der Waals surface area (Å²) in [6, 6.07) is 14.0. The molecule has 0 amide bonds. The van der Waals surface area contributed by atoms with Gasteiger partial charge in [-0.15, -0.1) is 0 Å². The first-order chi connectivity index (χ1) is 11.0. The van der Waals surface area contributed by atoms with Gasteiger partial charge in [0.2, 0.25) is 0 Å². The number of aromatic nitrogens is 2. The third kappa shape index (κ3) is 3.49. The molecule has 1 heterocycles. The molecule has 3 rings (SSSR count). The molecule has 3 aromatic rings. The van der Waals surface area contributed by atoms with Crippen LogP contribution in [0, 0.1) is 13.8 Å². The molecule has 1 N–H and O–H groups in total. The van der Waals surface area contributed by atoms with Crippen molar-refractivity contribution >= 4 is 22.4 Å². The van der Waals surface area contributed by atoms with Crippen LogP contribution in [0.1, 0.15) is 11.4 Å². The van der Waals surface area contributed by atoms with Gasteiger partial charge in [-0.1, -0.05) is 41.9 Å². The molecule has 23 heavy (non-hydrogen) atoms. The van der Waals surface area contributed by atoms with Crippen LogP contribution in [0.3, 0.4) is 0 Å². The van der Waals surface area contributed by atoms with Gasteiger partial charge in [-0.25, -0.2) is 0 Å². The number of aliphatic hydroxyl groups is 1. The van der Waals surface area contributed by atoms with Crippen LogP contribution in [0.25, 0.3) is 10.8 Å². The largest absolute Gasteiger partial charge is 0.491 e. The minimum Gasteiger partial charge on any atom is -0.491 e. The summed E-state index contributed by atoms with van der Waals surface area (Å²) in [5.41, 5.74) is 1.63. The SMILES string of the molecule is Cc1nn(CC(O)COc2ccc3ccccc3c2)c(C)c1Cl. The summed E-state index contributed by atoms with van der Waals surface area (Å²) in [5.74, 6) is 0.745. The maximum absolute atomic E-state index is 10.2. The summed E-state index contributed by atoms with van der Waals surface area (Å²) in [6.45, 7) is 4.30. The first-order valence-corrected chi connectivity index (χ1v) is 7.91. The van der Waals surface area contributed by atoms with Gasteiger partial charge in [-0.05, 0) is 36.8 Å². The first-order valence-electron chi connectivity index (χ1n) is 7.54. The molecular formula is C18H19ClN2O2. The van der Waals surface area contributed by atoms with Crippen molar-refractivity contribution in [3.05, 3.63) is 58.9 Å². The van der Waals surface area contributed by atoms with E-state index in [1.165, 1.54) is 0 Å². The van der Waals surface area contributed by atoms with Crippen molar-refractivity contribution in [2.75, 3.05) is 6.61 Å². The number of nitrogens with zero attached hydrogens (tertiary/aromatic N) is 2. The number of benzene rings is 2. The lowest BCUT2D eigenvalue weighted by molar-refractivity contribution is 0.0888. The highest BCUT2D eigenvalue weighted by Gasteiger charge is 2.13. The second-order valence-electron chi connectivity index (χ2n) is 5.64. The van der Waals surface area contributed by atoms with Crippen LogP contribution in [-0.2, 0) is 6.54 Å². The summed E-state index contributed by atoms with van der Waals surface area (Å²) in [6.07, 6.45) is -0.657. The highest BCUT2D eigenvalue weighted by atomic mass is 35.5. The molecule has 1 aromatic heterocycles. The molecule has 0 aliphatic carbocycles. The van der Waals surface area contributed by atoms with E-state index in [1.807, 2.05) is 50.2 Å². The molecule has 120 valence electrons. The molecule has 0 saturated heterocycles. The summed E-state index contributed by atoms with van der Waals surface area (Å²) >= 11 is 6.11. The van der Waals surface area contributed by atoms with Crippen molar-refractivity contribution in [3.8, 4) is 5.75 Å². The third-order valence-corrected chi connectivity index (χ3v) is 4.39. The Labute approximate surface area is 140 Å². The smallest absolute Gasteiger partial charge is 0.120 e. The van der Waals surface area contributed by atoms with Gasteiger partial charge in [0.1, 0.15) is 18.5 Å². The van der Waals surface area contributed by atoms with Crippen LogP contribution < -0.4 is 4.74 Å². The van der Waals surface area contributed by atoms with Crippen LogP contribution in [-0.4, -0.2) is 27.6 Å². The number of hydrogen-bond acceptors (Lipinski definition) is 3. The Bertz CT molecular complexity index is 829. The molecule has 2 aromatic carbocycles. The minimum atomic E-state index is -0.657. The Balaban J connectivity index is 1.63. The number of fused-ring (bicyclic) bond motifs is 1. The lowest BCUT2D eigenvalue weighted by Crippen LogP contribution is -2.24. The molecule has 0 bridgehead atoms. The van der Waals surface area contributed by atoms with E-state index in [9.17, 15) is 5.11 Å². The maximum Gasteiger partial charge on any atom is 0.120 e. The fourth-order valence-corrected chi connectivity index (χ4v) is 2.69. The van der Waals surface area contributed by atoms with E-state index in [4.69, 9.17) is 16.3 Å². The van der Waals surface area contributed by atoms with Crippen LogP contribution >= 0.6 is 11.6 Å². The highest BCUT2D eigenvalue weighted by molar-refractivity contribution is 6.31. The molecule has 0 aliphatic rings. The minimum absolute atomic E-state index is 0.203. The van der Waals surface area contributed by atoms with E-state index in [1.54, 1.807) is 4.68 Å². The summed E-state index contributed by atoms with van der Waals surface area (Å²) in [4.78, 5) is 0. The topological polar surface area (TPSA) is 47.3 Å². The molecule has 4 nitrogen and oxygen atoms in total. The second kappa shape index (κ2) is 6.60. The zero-order valence-electron chi connectivity index (χ0n) is 13.2. The highest BCUT2D eigenvalue weighted by Crippen LogP contribution is 2.21. The fraction of sp³-hybridized carbons (Fsp3) is 0.278. The van der Waals surface area contributed by atoms with Crippen molar-refractivity contribution in [1.29, 1.82) is 0 Å². The third-order valence-electron chi connectivity index (χ3n) is 3.84. The van der Waals surface area contributed by atoms with Gasteiger partial charge in [0, 0.05) is 0 Å². The number of hydrogen-bond donors (Lipinski definition) is 1. The van der Waals surface area contributed by atoms with E-state index < -0.39 is 6.10 Å². The van der Waals surface area contributed by atoms with Crippen LogP contribution in [0.5, 0.6) is 5.75 Å². The monoisotopic (exact) mass is 330 g/mol. The molecule has 0 spiro atoms. The maximum atomic E-state index is 10.2. The molecule has 0 radical (unpaired) electrons. The average Bonchev–Trinajstić information content (AvgIpc) is 2.80. The standard InChI is InChI=1S/C18H19ClN2O2/c1-12-18(19)13(2)21(20-12)10-16(22)11-23-17-8-7-14-5-3-4-6-15(14)9-17/h3-9,16,22H,10-11H2,1-2H3. The summed E-state index contributed by atoms with van der Waals surface area (Å²) < 4.78 is 7.42. The van der Waals surface area contributed by atoms with E-state index in [0.29, 0.717) is 11.6 Å². The summed E-state index contributed by atoms with van der Waals surface area (Å²) in [7, 11) is 0. The zero-order valence-corrected chi connectivity index (χ0v) is 13.9. The Hall–Kier alpha value is -2.04. The van der Waals surface area contributed by atoms with Crippen molar-refractivity contribution in [1.82, 2.24) is 9.78 Å². The molecule has 0 aliphatic heterocycles. The Morgan fingerprint density at radius 3 is 2.61 bits per heavy atom. The first kappa shape index (κ1) is 15.8. The number of ether oxygens (including phenoxy) is 1. The van der Waals surface area contributed by atoms with Crippen LogP contribution in [0.4, 0.5) is 0 Å². The van der Waals surface area contributed by atoms with E-state index in [2.05, 4.69) is 11.2 Å².